The summed E-state index contributed by atoms with van der Waals surface area (Å²) in [4.78, 5) is 22.4. The molecule has 3 aliphatic heterocycles. The predicted molar refractivity (Wildman–Crippen MR) is 67.5 cm³/mol. The van der Waals surface area contributed by atoms with Gasteiger partial charge in [-0.1, -0.05) is 18.6 Å². The van der Waals surface area contributed by atoms with Crippen LogP contribution < -0.4 is 0 Å². The van der Waals surface area contributed by atoms with E-state index in [-0.39, 0.29) is 18.0 Å². The lowest BCUT2D eigenvalue weighted by atomic mass is 9.80. The van der Waals surface area contributed by atoms with Gasteiger partial charge in [0.15, 0.2) is 5.60 Å². The van der Waals surface area contributed by atoms with Crippen molar-refractivity contribution in [3.8, 4) is 0 Å². The summed E-state index contributed by atoms with van der Waals surface area (Å²) in [7, 11) is 0. The van der Waals surface area contributed by atoms with Crippen LogP contribution in [-0.4, -0.2) is 46.7 Å². The van der Waals surface area contributed by atoms with Crippen LogP contribution in [0.15, 0.2) is 23.8 Å². The van der Waals surface area contributed by atoms with Crippen LogP contribution >= 0.6 is 0 Å². The molecule has 2 fully saturated rings. The number of nitrogens with zero attached hydrogens (tertiary/aromatic N) is 1. The Balaban J connectivity index is 0.000000339. The van der Waals surface area contributed by atoms with Crippen LogP contribution in [0, 0.1) is 0 Å². The Morgan fingerprint density at radius 3 is 3.05 bits per heavy atom. The molecule has 0 aromatic heterocycles. The molecular weight excluding hydrogens is 246 g/mol. The predicted octanol–water partition coefficient (Wildman–Crippen LogP) is 1.11. The summed E-state index contributed by atoms with van der Waals surface area (Å²) in [5.41, 5.74) is 0.833. The number of carbonyl (C=O) groups is 2. The van der Waals surface area contributed by atoms with Crippen molar-refractivity contribution in [2.45, 2.75) is 43.4 Å². The van der Waals surface area contributed by atoms with E-state index in [9.17, 15) is 4.79 Å². The Morgan fingerprint density at radius 1 is 1.47 bits per heavy atom. The molecule has 3 heterocycles. The van der Waals surface area contributed by atoms with Crippen molar-refractivity contribution in [2.24, 2.45) is 0 Å². The van der Waals surface area contributed by atoms with Gasteiger partial charge in [-0.2, -0.15) is 0 Å². The molecule has 5 heteroatoms. The van der Waals surface area contributed by atoms with Gasteiger partial charge in [0.2, 0.25) is 0 Å². The molecule has 3 atom stereocenters. The molecule has 2 saturated heterocycles. The minimum absolute atomic E-state index is 0.146. The fourth-order valence-electron chi connectivity index (χ4n) is 3.94. The number of rotatable bonds is 0. The number of hydrogen-bond acceptors (Lipinski definition) is 4. The first-order chi connectivity index (χ1) is 9.21. The quantitative estimate of drug-likeness (QED) is 0.524. The van der Waals surface area contributed by atoms with Gasteiger partial charge in [-0.25, -0.2) is 4.79 Å². The fraction of sp³-hybridized carbons (Fsp3) is 0.571. The Kier molecular flexibility index (Phi) is 2.93. The summed E-state index contributed by atoms with van der Waals surface area (Å²) in [6.07, 6.45) is 10.7. The second-order valence-corrected chi connectivity index (χ2v) is 5.40. The zero-order chi connectivity index (χ0) is 13.5. The van der Waals surface area contributed by atoms with Gasteiger partial charge in [0.05, 0.1) is 6.04 Å². The van der Waals surface area contributed by atoms with E-state index < -0.39 is 0 Å². The molecule has 4 aliphatic rings. The first-order valence-electron chi connectivity index (χ1n) is 6.68. The van der Waals surface area contributed by atoms with Crippen molar-refractivity contribution in [2.75, 3.05) is 6.54 Å². The molecule has 4 rings (SSSR count). The lowest BCUT2D eigenvalue weighted by molar-refractivity contribution is -0.148. The van der Waals surface area contributed by atoms with Crippen molar-refractivity contribution in [3.05, 3.63) is 23.8 Å². The highest BCUT2D eigenvalue weighted by Gasteiger charge is 2.59. The van der Waals surface area contributed by atoms with E-state index in [4.69, 9.17) is 14.6 Å². The molecule has 102 valence electrons. The van der Waals surface area contributed by atoms with Gasteiger partial charge in [0, 0.05) is 24.1 Å². The molecule has 0 aromatic rings. The standard InChI is InChI=1S/C13H15NO2.CH2O2/c15-12-7-9-4-5-10-8-13(9,16-12)11-3-1-2-6-14(10)11;2-1-3/h4-5,7,10-11H,1-3,6,8H2;1H,(H,2,3)/t10-,11-,13+;/m1./s1. The first kappa shape index (κ1) is 12.4. The summed E-state index contributed by atoms with van der Waals surface area (Å²) < 4.78 is 5.69. The number of ether oxygens (including phenoxy) is 1. The van der Waals surface area contributed by atoms with E-state index in [1.807, 2.05) is 0 Å². The third-order valence-electron chi connectivity index (χ3n) is 4.56. The molecule has 0 aromatic carbocycles. The van der Waals surface area contributed by atoms with Crippen molar-refractivity contribution in [1.82, 2.24) is 4.90 Å². The number of esters is 1. The summed E-state index contributed by atoms with van der Waals surface area (Å²) >= 11 is 0. The average molecular weight is 263 g/mol. The highest BCUT2D eigenvalue weighted by atomic mass is 16.6. The molecule has 1 aliphatic carbocycles. The van der Waals surface area contributed by atoms with Crippen LogP contribution in [0.2, 0.25) is 0 Å². The number of fused-ring (bicyclic) bond motifs is 3. The molecule has 19 heavy (non-hydrogen) atoms. The maximum absolute atomic E-state index is 11.5. The van der Waals surface area contributed by atoms with E-state index >= 15 is 0 Å². The Hall–Kier alpha value is -1.62. The molecule has 1 N–H and O–H groups in total. The van der Waals surface area contributed by atoms with Crippen LogP contribution in [-0.2, 0) is 14.3 Å². The van der Waals surface area contributed by atoms with Crippen molar-refractivity contribution < 1.29 is 19.4 Å². The summed E-state index contributed by atoms with van der Waals surface area (Å²) in [6.45, 7) is 0.909. The minimum Gasteiger partial charge on any atom is -0.483 e. The normalized spacial score (nSPS) is 38.5. The van der Waals surface area contributed by atoms with Crippen molar-refractivity contribution in [1.29, 1.82) is 0 Å². The van der Waals surface area contributed by atoms with Gasteiger partial charge in [-0.05, 0) is 19.4 Å². The number of carboxylic acid groups (broad SMARTS) is 1. The Bertz CT molecular complexity index is 470. The van der Waals surface area contributed by atoms with Crippen LogP contribution in [0.1, 0.15) is 25.7 Å². The SMILES string of the molecule is O=C1C=C2C=C[C@@H]3C[C@@]2(O1)[C@H]1CCCCN31.O=CO. The molecule has 2 bridgehead atoms. The molecule has 0 radical (unpaired) electrons. The van der Waals surface area contributed by atoms with Gasteiger partial charge in [0.1, 0.15) is 0 Å². The summed E-state index contributed by atoms with van der Waals surface area (Å²) in [5, 5.41) is 6.89. The molecular formula is C14H17NO4. The average Bonchev–Trinajstić information content (AvgIpc) is 2.87. The maximum Gasteiger partial charge on any atom is 0.332 e. The van der Waals surface area contributed by atoms with Crippen LogP contribution in [0.25, 0.3) is 0 Å². The summed E-state index contributed by atoms with van der Waals surface area (Å²) in [5.74, 6) is -0.146. The lowest BCUT2D eigenvalue weighted by Gasteiger charge is -2.37. The Morgan fingerprint density at radius 2 is 2.26 bits per heavy atom. The van der Waals surface area contributed by atoms with E-state index in [1.165, 1.54) is 19.3 Å². The molecule has 0 saturated carbocycles. The van der Waals surface area contributed by atoms with Gasteiger partial charge in [-0.15, -0.1) is 0 Å². The second kappa shape index (κ2) is 4.49. The summed E-state index contributed by atoms with van der Waals surface area (Å²) in [6, 6.07) is 0.923. The maximum atomic E-state index is 11.5. The lowest BCUT2D eigenvalue weighted by Crippen LogP contribution is -2.48. The van der Waals surface area contributed by atoms with E-state index in [0.29, 0.717) is 12.1 Å². The third-order valence-corrected chi connectivity index (χ3v) is 4.56. The number of piperidine rings is 1. The molecule has 5 nitrogen and oxygen atoms in total. The number of carbonyl (C=O) groups excluding carboxylic acids is 1. The zero-order valence-corrected chi connectivity index (χ0v) is 10.6. The van der Waals surface area contributed by atoms with Crippen molar-refractivity contribution >= 4 is 12.4 Å². The topological polar surface area (TPSA) is 66.8 Å². The Labute approximate surface area is 111 Å². The first-order valence-corrected chi connectivity index (χ1v) is 6.68. The van der Waals surface area contributed by atoms with Crippen LogP contribution in [0.4, 0.5) is 0 Å². The zero-order valence-electron chi connectivity index (χ0n) is 10.6. The van der Waals surface area contributed by atoms with E-state index in [1.54, 1.807) is 6.08 Å². The van der Waals surface area contributed by atoms with Gasteiger partial charge in [0.25, 0.3) is 6.47 Å². The van der Waals surface area contributed by atoms with Crippen LogP contribution in [0.5, 0.6) is 0 Å². The van der Waals surface area contributed by atoms with Crippen LogP contribution in [0.3, 0.4) is 0 Å². The van der Waals surface area contributed by atoms with Crippen molar-refractivity contribution in [3.63, 3.8) is 0 Å². The van der Waals surface area contributed by atoms with Gasteiger partial charge in [-0.3, -0.25) is 9.69 Å². The highest BCUT2D eigenvalue weighted by Crippen LogP contribution is 2.51. The van der Waals surface area contributed by atoms with E-state index in [0.717, 1.165) is 18.5 Å². The third kappa shape index (κ3) is 1.72. The highest BCUT2D eigenvalue weighted by molar-refractivity contribution is 5.88. The smallest absolute Gasteiger partial charge is 0.332 e. The molecule has 0 amide bonds. The van der Waals surface area contributed by atoms with Gasteiger partial charge >= 0.3 is 5.97 Å². The van der Waals surface area contributed by atoms with E-state index in [2.05, 4.69) is 17.1 Å². The number of hydrogen-bond donors (Lipinski definition) is 1. The fourth-order valence-corrected chi connectivity index (χ4v) is 3.94. The second-order valence-electron chi connectivity index (χ2n) is 5.40. The molecule has 0 unspecified atom stereocenters. The monoisotopic (exact) mass is 263 g/mol. The minimum atomic E-state index is -0.281. The van der Waals surface area contributed by atoms with Gasteiger partial charge < -0.3 is 9.84 Å². The largest absolute Gasteiger partial charge is 0.483 e. The molecule has 1 spiro atoms.